The molecule has 0 radical (unpaired) electrons. The third-order valence-electron chi connectivity index (χ3n) is 3.31. The lowest BCUT2D eigenvalue weighted by molar-refractivity contribution is -0.137. The summed E-state index contributed by atoms with van der Waals surface area (Å²) in [5.74, 6) is -1.06. The molecule has 2 aromatic heterocycles. The van der Waals surface area contributed by atoms with E-state index in [0.717, 1.165) is 12.1 Å². The zero-order valence-electron chi connectivity index (χ0n) is 11.2. The molecular formula is C14H9F3N2O3. The molecule has 0 saturated heterocycles. The van der Waals surface area contributed by atoms with E-state index in [2.05, 4.69) is 5.16 Å². The number of carboxylic acid groups (broad SMARTS) is 1. The van der Waals surface area contributed by atoms with E-state index in [4.69, 9.17) is 9.63 Å². The van der Waals surface area contributed by atoms with Gasteiger partial charge < -0.3 is 14.2 Å². The Labute approximate surface area is 121 Å². The number of hydrogen-bond acceptors (Lipinski definition) is 3. The van der Waals surface area contributed by atoms with Crippen molar-refractivity contribution >= 4 is 16.9 Å². The second-order valence-electron chi connectivity index (χ2n) is 4.76. The Morgan fingerprint density at radius 2 is 2.05 bits per heavy atom. The quantitative estimate of drug-likeness (QED) is 0.786. The average Bonchev–Trinajstić information content (AvgIpc) is 3.03. The van der Waals surface area contributed by atoms with Crippen molar-refractivity contribution in [1.82, 2.24) is 9.72 Å². The van der Waals surface area contributed by atoms with Crippen molar-refractivity contribution in [2.24, 2.45) is 7.05 Å². The molecule has 0 aliphatic carbocycles. The van der Waals surface area contributed by atoms with Crippen LogP contribution in [-0.2, 0) is 13.2 Å². The van der Waals surface area contributed by atoms with Crippen LogP contribution in [-0.4, -0.2) is 20.8 Å². The number of carboxylic acids is 1. The van der Waals surface area contributed by atoms with Gasteiger partial charge in [-0.25, -0.2) is 4.79 Å². The first kappa shape index (κ1) is 14.2. The third kappa shape index (κ3) is 2.22. The molecule has 0 aliphatic rings. The second kappa shape index (κ2) is 4.62. The summed E-state index contributed by atoms with van der Waals surface area (Å²) in [6, 6.07) is 4.57. The number of aromatic carboxylic acids is 1. The monoisotopic (exact) mass is 310 g/mol. The maximum Gasteiger partial charge on any atom is 0.416 e. The van der Waals surface area contributed by atoms with Crippen LogP contribution in [0, 0.1) is 0 Å². The first-order chi connectivity index (χ1) is 10.3. The van der Waals surface area contributed by atoms with E-state index < -0.39 is 17.7 Å². The van der Waals surface area contributed by atoms with E-state index in [0.29, 0.717) is 16.5 Å². The highest BCUT2D eigenvalue weighted by Crippen LogP contribution is 2.35. The molecule has 2 heterocycles. The van der Waals surface area contributed by atoms with Crippen molar-refractivity contribution in [3.63, 3.8) is 0 Å². The van der Waals surface area contributed by atoms with E-state index >= 15 is 0 Å². The van der Waals surface area contributed by atoms with E-state index in [9.17, 15) is 18.0 Å². The van der Waals surface area contributed by atoms with Gasteiger partial charge in [-0.15, -0.1) is 0 Å². The van der Waals surface area contributed by atoms with Gasteiger partial charge in [-0.3, -0.25) is 0 Å². The average molecular weight is 310 g/mol. The van der Waals surface area contributed by atoms with Crippen molar-refractivity contribution in [3.05, 3.63) is 41.7 Å². The second-order valence-corrected chi connectivity index (χ2v) is 4.76. The topological polar surface area (TPSA) is 68.3 Å². The van der Waals surface area contributed by atoms with Gasteiger partial charge in [-0.05, 0) is 12.1 Å². The fourth-order valence-corrected chi connectivity index (χ4v) is 2.26. The smallest absolute Gasteiger partial charge is 0.416 e. The number of hydrogen-bond donors (Lipinski definition) is 1. The molecule has 0 amide bonds. The van der Waals surface area contributed by atoms with Crippen molar-refractivity contribution in [2.45, 2.75) is 6.18 Å². The fraction of sp³-hybridized carbons (Fsp3) is 0.143. The van der Waals surface area contributed by atoms with E-state index in [1.54, 1.807) is 13.2 Å². The number of benzene rings is 1. The van der Waals surface area contributed by atoms with E-state index in [1.807, 2.05) is 0 Å². The van der Waals surface area contributed by atoms with Crippen LogP contribution >= 0.6 is 0 Å². The Kier molecular flexibility index (Phi) is 2.98. The van der Waals surface area contributed by atoms with Crippen molar-refractivity contribution in [2.75, 3.05) is 0 Å². The van der Waals surface area contributed by atoms with Crippen LogP contribution in [0.1, 0.15) is 16.1 Å². The highest BCUT2D eigenvalue weighted by molar-refractivity contribution is 5.96. The molecule has 3 aromatic rings. The van der Waals surface area contributed by atoms with Gasteiger partial charge in [-0.2, -0.15) is 13.2 Å². The lowest BCUT2D eigenvalue weighted by atomic mass is 10.1. The Morgan fingerprint density at radius 3 is 2.64 bits per heavy atom. The van der Waals surface area contributed by atoms with Crippen LogP contribution in [0.25, 0.3) is 22.2 Å². The predicted molar refractivity (Wildman–Crippen MR) is 70.4 cm³/mol. The summed E-state index contributed by atoms with van der Waals surface area (Å²) in [4.78, 5) is 10.8. The molecule has 22 heavy (non-hydrogen) atoms. The fourth-order valence-electron chi connectivity index (χ4n) is 2.26. The molecule has 0 bridgehead atoms. The van der Waals surface area contributed by atoms with Gasteiger partial charge in [-0.1, -0.05) is 11.2 Å². The van der Waals surface area contributed by atoms with Gasteiger partial charge in [0.25, 0.3) is 0 Å². The van der Waals surface area contributed by atoms with Crippen LogP contribution in [0.2, 0.25) is 0 Å². The number of aryl methyl sites for hydroxylation is 1. The van der Waals surface area contributed by atoms with Gasteiger partial charge in [0.1, 0.15) is 0 Å². The summed E-state index contributed by atoms with van der Waals surface area (Å²) in [5.41, 5.74) is -0.181. The first-order valence-corrected chi connectivity index (χ1v) is 6.14. The molecule has 8 heteroatoms. The Bertz CT molecular complexity index is 877. The number of aromatic nitrogens is 2. The van der Waals surface area contributed by atoms with Gasteiger partial charge in [0.2, 0.25) is 0 Å². The Balaban J connectivity index is 2.17. The molecule has 114 valence electrons. The maximum atomic E-state index is 12.8. The van der Waals surface area contributed by atoms with Crippen LogP contribution in [0.3, 0.4) is 0 Å². The number of alkyl halides is 3. The van der Waals surface area contributed by atoms with Gasteiger partial charge in [0, 0.05) is 35.8 Å². The molecule has 5 nitrogen and oxygen atoms in total. The minimum atomic E-state index is -4.43. The molecule has 0 saturated carbocycles. The van der Waals surface area contributed by atoms with Crippen LogP contribution in [0.5, 0.6) is 0 Å². The molecule has 0 aliphatic heterocycles. The minimum absolute atomic E-state index is 0.183. The number of halogens is 3. The SMILES string of the molecule is Cn1cc(-c2cc(C(=O)O)no2)c2ccc(C(F)(F)F)cc21. The normalized spacial score (nSPS) is 12.0. The lowest BCUT2D eigenvalue weighted by Gasteiger charge is -2.07. The zero-order chi connectivity index (χ0) is 16.1. The summed E-state index contributed by atoms with van der Waals surface area (Å²) >= 11 is 0. The molecular weight excluding hydrogens is 301 g/mol. The number of nitrogens with zero attached hydrogens (tertiary/aromatic N) is 2. The van der Waals surface area contributed by atoms with Crippen LogP contribution in [0.15, 0.2) is 35.0 Å². The largest absolute Gasteiger partial charge is 0.476 e. The number of rotatable bonds is 2. The summed E-state index contributed by atoms with van der Waals surface area (Å²) in [6.07, 6.45) is -2.86. The van der Waals surface area contributed by atoms with Gasteiger partial charge in [0.05, 0.1) is 5.56 Å². The van der Waals surface area contributed by atoms with Crippen molar-refractivity contribution in [1.29, 1.82) is 0 Å². The highest BCUT2D eigenvalue weighted by atomic mass is 19.4. The molecule has 1 N–H and O–H groups in total. The maximum absolute atomic E-state index is 12.8. The number of carbonyl (C=O) groups is 1. The van der Waals surface area contributed by atoms with Crippen LogP contribution < -0.4 is 0 Å². The van der Waals surface area contributed by atoms with E-state index in [1.165, 1.54) is 16.7 Å². The molecule has 0 spiro atoms. The molecule has 1 aromatic carbocycles. The van der Waals surface area contributed by atoms with Crippen LogP contribution in [0.4, 0.5) is 13.2 Å². The molecule has 0 atom stereocenters. The summed E-state index contributed by atoms with van der Waals surface area (Å²) in [6.45, 7) is 0. The first-order valence-electron chi connectivity index (χ1n) is 6.14. The summed E-state index contributed by atoms with van der Waals surface area (Å²) in [5, 5.41) is 12.8. The lowest BCUT2D eigenvalue weighted by Crippen LogP contribution is -2.04. The minimum Gasteiger partial charge on any atom is -0.476 e. The van der Waals surface area contributed by atoms with Gasteiger partial charge in [0.15, 0.2) is 11.5 Å². The molecule has 0 fully saturated rings. The van der Waals surface area contributed by atoms with Crippen molar-refractivity contribution < 1.29 is 27.6 Å². The molecule has 0 unspecified atom stereocenters. The third-order valence-corrected chi connectivity index (χ3v) is 3.31. The summed E-state index contributed by atoms with van der Waals surface area (Å²) in [7, 11) is 1.60. The Morgan fingerprint density at radius 1 is 1.32 bits per heavy atom. The number of fused-ring (bicyclic) bond motifs is 1. The van der Waals surface area contributed by atoms with Crippen molar-refractivity contribution in [3.8, 4) is 11.3 Å². The highest BCUT2D eigenvalue weighted by Gasteiger charge is 2.31. The van der Waals surface area contributed by atoms with E-state index in [-0.39, 0.29) is 11.5 Å². The molecule has 3 rings (SSSR count). The Hall–Kier alpha value is -2.77. The van der Waals surface area contributed by atoms with Gasteiger partial charge >= 0.3 is 12.1 Å². The zero-order valence-corrected chi connectivity index (χ0v) is 11.2. The summed E-state index contributed by atoms with van der Waals surface area (Å²) < 4.78 is 44.8. The predicted octanol–water partition coefficient (Wildman–Crippen LogP) is 3.55. The standard InChI is InChI=1S/C14H9F3N2O3/c1-19-6-9(12-5-10(13(20)21)18-22-12)8-3-2-7(4-11(8)19)14(15,16)17/h2-6H,1H3,(H,20,21).